The Labute approximate surface area is 117 Å². The molecule has 108 valence electrons. The minimum Gasteiger partial charge on any atom is -0.463 e. The number of hydrogen-bond acceptors (Lipinski definition) is 3. The lowest BCUT2D eigenvalue weighted by Crippen LogP contribution is -2.32. The first-order valence-corrected chi connectivity index (χ1v) is 7.77. The van der Waals surface area contributed by atoms with Gasteiger partial charge in [0.2, 0.25) is 0 Å². The molecule has 1 aliphatic rings. The fraction of sp³-hybridized carbons (Fsp3) is 0.750. The van der Waals surface area contributed by atoms with Crippen molar-refractivity contribution in [2.75, 3.05) is 13.1 Å². The fourth-order valence-corrected chi connectivity index (χ4v) is 3.05. The molecule has 1 heterocycles. The number of furan rings is 1. The molecule has 3 heteroatoms. The first kappa shape index (κ1) is 14.6. The van der Waals surface area contributed by atoms with Crippen LogP contribution in [0.2, 0.25) is 0 Å². The number of rotatable bonds is 7. The summed E-state index contributed by atoms with van der Waals surface area (Å²) in [7, 11) is 0. The van der Waals surface area contributed by atoms with E-state index in [9.17, 15) is 0 Å². The number of aryl methyl sites for hydroxylation is 1. The zero-order valence-electron chi connectivity index (χ0n) is 12.7. The topological polar surface area (TPSA) is 28.4 Å². The van der Waals surface area contributed by atoms with Crippen molar-refractivity contribution in [3.05, 3.63) is 23.2 Å². The zero-order valence-corrected chi connectivity index (χ0v) is 12.7. The summed E-state index contributed by atoms with van der Waals surface area (Å²) < 4.78 is 6.00. The minimum absolute atomic E-state index is 0.771. The average molecular weight is 264 g/mol. The molecule has 0 aliphatic heterocycles. The largest absolute Gasteiger partial charge is 0.463 e. The molecule has 1 saturated carbocycles. The molecular weight excluding hydrogens is 236 g/mol. The highest BCUT2D eigenvalue weighted by atomic mass is 16.3. The third-order valence-electron chi connectivity index (χ3n) is 4.21. The molecule has 3 nitrogen and oxygen atoms in total. The smallest absolute Gasteiger partial charge is 0.120 e. The van der Waals surface area contributed by atoms with Crippen LogP contribution in [0.3, 0.4) is 0 Å². The Kier molecular flexibility index (Phi) is 5.46. The molecule has 1 N–H and O–H groups in total. The molecule has 0 amide bonds. The van der Waals surface area contributed by atoms with Crippen LogP contribution in [0.25, 0.3) is 0 Å². The Hall–Kier alpha value is -0.800. The summed E-state index contributed by atoms with van der Waals surface area (Å²) in [5.74, 6) is 2.22. The summed E-state index contributed by atoms with van der Waals surface area (Å²) in [6, 6.07) is 2.98. The second kappa shape index (κ2) is 7.11. The van der Waals surface area contributed by atoms with E-state index in [0.29, 0.717) is 0 Å². The van der Waals surface area contributed by atoms with E-state index >= 15 is 0 Å². The van der Waals surface area contributed by atoms with Gasteiger partial charge in [0.15, 0.2) is 0 Å². The van der Waals surface area contributed by atoms with Gasteiger partial charge in [0.05, 0.1) is 13.1 Å². The molecule has 0 bridgehead atoms. The third-order valence-corrected chi connectivity index (χ3v) is 4.21. The molecule has 0 aromatic carbocycles. The second-order valence-corrected chi connectivity index (χ2v) is 5.60. The second-order valence-electron chi connectivity index (χ2n) is 5.60. The molecule has 0 saturated heterocycles. The lowest BCUT2D eigenvalue weighted by Gasteiger charge is -2.26. The van der Waals surface area contributed by atoms with Gasteiger partial charge in [-0.2, -0.15) is 0 Å². The zero-order chi connectivity index (χ0) is 13.7. The van der Waals surface area contributed by atoms with Crippen molar-refractivity contribution in [1.29, 1.82) is 0 Å². The van der Waals surface area contributed by atoms with Crippen LogP contribution < -0.4 is 5.32 Å². The Morgan fingerprint density at radius 2 is 2.05 bits per heavy atom. The Morgan fingerprint density at radius 1 is 1.32 bits per heavy atom. The molecule has 0 unspecified atom stereocenters. The van der Waals surface area contributed by atoms with E-state index in [0.717, 1.165) is 43.7 Å². The summed E-state index contributed by atoms with van der Waals surface area (Å²) in [5, 5.41) is 3.33. The van der Waals surface area contributed by atoms with E-state index in [-0.39, 0.29) is 0 Å². The highest BCUT2D eigenvalue weighted by Gasteiger charge is 2.22. The highest BCUT2D eigenvalue weighted by molar-refractivity contribution is 5.20. The summed E-state index contributed by atoms with van der Waals surface area (Å²) >= 11 is 0. The molecule has 2 rings (SSSR count). The van der Waals surface area contributed by atoms with Crippen LogP contribution in [0, 0.1) is 6.92 Å². The molecule has 0 atom stereocenters. The molecule has 1 aromatic rings. The molecule has 1 aromatic heterocycles. The van der Waals surface area contributed by atoms with Crippen molar-refractivity contribution in [1.82, 2.24) is 10.2 Å². The SMILES string of the molecule is CCNCc1oc(CN(CC)C2CCCC2)cc1C. The van der Waals surface area contributed by atoms with Gasteiger partial charge >= 0.3 is 0 Å². The Bertz CT molecular complexity index is 380. The van der Waals surface area contributed by atoms with Crippen LogP contribution in [0.1, 0.15) is 56.6 Å². The van der Waals surface area contributed by atoms with Crippen LogP contribution in [-0.4, -0.2) is 24.0 Å². The average Bonchev–Trinajstić information content (AvgIpc) is 3.03. The van der Waals surface area contributed by atoms with Gasteiger partial charge in [0, 0.05) is 6.04 Å². The maximum atomic E-state index is 6.00. The van der Waals surface area contributed by atoms with Gasteiger partial charge in [-0.25, -0.2) is 0 Å². The van der Waals surface area contributed by atoms with Crippen molar-refractivity contribution in [3.63, 3.8) is 0 Å². The number of hydrogen-bond donors (Lipinski definition) is 1. The highest BCUT2D eigenvalue weighted by Crippen LogP contribution is 2.25. The number of nitrogens with zero attached hydrogens (tertiary/aromatic N) is 1. The van der Waals surface area contributed by atoms with E-state index in [1.54, 1.807) is 0 Å². The predicted octanol–water partition coefficient (Wildman–Crippen LogP) is 3.46. The molecule has 0 radical (unpaired) electrons. The van der Waals surface area contributed by atoms with Crippen LogP contribution in [0.15, 0.2) is 10.5 Å². The maximum Gasteiger partial charge on any atom is 0.120 e. The first-order valence-electron chi connectivity index (χ1n) is 7.77. The van der Waals surface area contributed by atoms with Crippen LogP contribution in [-0.2, 0) is 13.1 Å². The van der Waals surface area contributed by atoms with Crippen molar-refractivity contribution in [2.45, 2.75) is 65.6 Å². The van der Waals surface area contributed by atoms with Crippen LogP contribution in [0.4, 0.5) is 0 Å². The van der Waals surface area contributed by atoms with Gasteiger partial charge in [0.25, 0.3) is 0 Å². The normalized spacial score (nSPS) is 16.6. The summed E-state index contributed by atoms with van der Waals surface area (Å²) in [4.78, 5) is 2.57. The summed E-state index contributed by atoms with van der Waals surface area (Å²) in [6.07, 6.45) is 5.50. The molecule has 1 aliphatic carbocycles. The van der Waals surface area contributed by atoms with E-state index in [1.165, 1.54) is 31.2 Å². The van der Waals surface area contributed by atoms with Crippen molar-refractivity contribution < 1.29 is 4.42 Å². The standard InChI is InChI=1S/C16H28N2O/c1-4-17-11-16-13(3)10-15(19-16)12-18(5-2)14-8-6-7-9-14/h10,14,17H,4-9,11-12H2,1-3H3. The van der Waals surface area contributed by atoms with Gasteiger partial charge in [-0.3, -0.25) is 4.90 Å². The summed E-state index contributed by atoms with van der Waals surface area (Å²) in [6.45, 7) is 10.4. The summed E-state index contributed by atoms with van der Waals surface area (Å²) in [5.41, 5.74) is 1.28. The quantitative estimate of drug-likeness (QED) is 0.817. The van der Waals surface area contributed by atoms with E-state index in [2.05, 4.69) is 37.1 Å². The molecule has 1 fully saturated rings. The van der Waals surface area contributed by atoms with Gasteiger partial charge in [-0.1, -0.05) is 26.7 Å². The monoisotopic (exact) mass is 264 g/mol. The number of nitrogens with one attached hydrogen (secondary N) is 1. The van der Waals surface area contributed by atoms with E-state index in [4.69, 9.17) is 4.42 Å². The first-order chi connectivity index (χ1) is 9.24. The van der Waals surface area contributed by atoms with Gasteiger partial charge < -0.3 is 9.73 Å². The Balaban J connectivity index is 1.96. The van der Waals surface area contributed by atoms with E-state index < -0.39 is 0 Å². The van der Waals surface area contributed by atoms with Crippen LogP contribution in [0.5, 0.6) is 0 Å². The lowest BCUT2D eigenvalue weighted by atomic mass is 10.2. The van der Waals surface area contributed by atoms with Gasteiger partial charge in [-0.05, 0) is 44.5 Å². The fourth-order valence-electron chi connectivity index (χ4n) is 3.05. The minimum atomic E-state index is 0.771. The lowest BCUT2D eigenvalue weighted by molar-refractivity contribution is 0.184. The predicted molar refractivity (Wildman–Crippen MR) is 79.2 cm³/mol. The van der Waals surface area contributed by atoms with E-state index in [1.807, 2.05) is 0 Å². The molecular formula is C16H28N2O. The van der Waals surface area contributed by atoms with Crippen molar-refractivity contribution in [2.24, 2.45) is 0 Å². The van der Waals surface area contributed by atoms with Gasteiger partial charge in [-0.15, -0.1) is 0 Å². The third kappa shape index (κ3) is 3.83. The van der Waals surface area contributed by atoms with Gasteiger partial charge in [0.1, 0.15) is 11.5 Å². The van der Waals surface area contributed by atoms with Crippen molar-refractivity contribution in [3.8, 4) is 0 Å². The van der Waals surface area contributed by atoms with Crippen molar-refractivity contribution >= 4 is 0 Å². The molecule has 19 heavy (non-hydrogen) atoms. The Morgan fingerprint density at radius 3 is 2.68 bits per heavy atom. The molecule has 0 spiro atoms. The maximum absolute atomic E-state index is 6.00. The van der Waals surface area contributed by atoms with Crippen LogP contribution >= 0.6 is 0 Å².